The van der Waals surface area contributed by atoms with Gasteiger partial charge in [-0.1, -0.05) is 114 Å². The van der Waals surface area contributed by atoms with Crippen molar-refractivity contribution in [1.82, 2.24) is 9.55 Å². The van der Waals surface area contributed by atoms with E-state index in [1.807, 2.05) is 11.3 Å². The lowest BCUT2D eigenvalue weighted by molar-refractivity contribution is 0.403. The van der Waals surface area contributed by atoms with Crippen LogP contribution >= 0.6 is 11.3 Å². The summed E-state index contributed by atoms with van der Waals surface area (Å²) in [6.07, 6.45) is 1.15. The first kappa shape index (κ1) is 36.0. The van der Waals surface area contributed by atoms with E-state index < -0.39 is 0 Å². The minimum absolute atomic E-state index is 0.0221. The van der Waals surface area contributed by atoms with Gasteiger partial charge in [0.15, 0.2) is 0 Å². The number of benzene rings is 4. The predicted octanol–water partition coefficient (Wildman–Crippen LogP) is 12.2. The number of thiophene rings is 1. The van der Waals surface area contributed by atoms with Crippen LogP contribution in [0.3, 0.4) is 0 Å². The zero-order valence-electron chi connectivity index (χ0n) is 36.0. The Labute approximate surface area is 338 Å². The fourth-order valence-corrected chi connectivity index (χ4v) is 12.0. The first-order valence-electron chi connectivity index (χ1n) is 20.7. The summed E-state index contributed by atoms with van der Waals surface area (Å²) in [5, 5.41) is 4.01. The third-order valence-electron chi connectivity index (χ3n) is 13.5. The minimum Gasteiger partial charge on any atom is -0.310 e. The lowest BCUT2D eigenvalue weighted by atomic mass is 9.36. The van der Waals surface area contributed by atoms with Gasteiger partial charge in [0.05, 0.1) is 16.7 Å². The molecule has 0 saturated heterocycles. The molecule has 3 aromatic heterocycles. The molecule has 1 aliphatic carbocycles. The summed E-state index contributed by atoms with van der Waals surface area (Å²) in [5.74, 6) is 1.08. The topological polar surface area (TPSA) is 21.1 Å². The van der Waals surface area contributed by atoms with E-state index >= 15 is 0 Å². The lowest BCUT2D eigenvalue weighted by Crippen LogP contribution is -2.60. The number of nitrogens with zero attached hydrogens (tertiary/aromatic N) is 3. The third-order valence-corrected chi connectivity index (χ3v) is 14.7. The van der Waals surface area contributed by atoms with E-state index in [4.69, 9.17) is 4.98 Å². The van der Waals surface area contributed by atoms with Crippen molar-refractivity contribution in [3.63, 3.8) is 0 Å². The van der Waals surface area contributed by atoms with E-state index in [2.05, 4.69) is 179 Å². The van der Waals surface area contributed by atoms with Gasteiger partial charge >= 0.3 is 0 Å². The largest absolute Gasteiger partial charge is 0.310 e. The summed E-state index contributed by atoms with van der Waals surface area (Å²) in [5.41, 5.74) is 17.5. The molecule has 0 amide bonds. The molecular weight excluding hydrogens is 697 g/mol. The monoisotopic (exact) mass is 753 g/mol. The number of hydrogen-bond acceptors (Lipinski definition) is 3. The molecule has 5 heterocycles. The van der Waals surface area contributed by atoms with Gasteiger partial charge in [0, 0.05) is 42.7 Å². The molecule has 3 nitrogen and oxygen atoms in total. The second-order valence-corrected chi connectivity index (χ2v) is 22.9. The van der Waals surface area contributed by atoms with Crippen LogP contribution in [-0.4, -0.2) is 16.3 Å². The maximum atomic E-state index is 5.54. The Hall–Kier alpha value is -4.35. The molecule has 0 spiro atoms. The zero-order chi connectivity index (χ0) is 39.8. The molecule has 0 radical (unpaired) electrons. The van der Waals surface area contributed by atoms with Gasteiger partial charge in [0.2, 0.25) is 0 Å². The molecule has 0 N–H and O–H groups in total. The van der Waals surface area contributed by atoms with Crippen molar-refractivity contribution in [2.75, 3.05) is 4.90 Å². The van der Waals surface area contributed by atoms with Crippen molar-refractivity contribution in [2.24, 2.45) is 0 Å². The Morgan fingerprint density at radius 3 is 1.96 bits per heavy atom. The van der Waals surface area contributed by atoms with Gasteiger partial charge in [-0.2, -0.15) is 0 Å². The Morgan fingerprint density at radius 2 is 1.29 bits per heavy atom. The number of pyridine rings is 1. The van der Waals surface area contributed by atoms with Crippen molar-refractivity contribution in [2.45, 2.75) is 130 Å². The fourth-order valence-electron chi connectivity index (χ4n) is 10.7. The van der Waals surface area contributed by atoms with Gasteiger partial charge in [-0.3, -0.25) is 4.57 Å². The maximum absolute atomic E-state index is 5.54. The van der Waals surface area contributed by atoms with Crippen LogP contribution in [-0.2, 0) is 27.1 Å². The number of aromatic nitrogens is 2. The second-order valence-electron chi connectivity index (χ2n) is 21.8. The van der Waals surface area contributed by atoms with Crippen molar-refractivity contribution >= 4 is 82.7 Å². The van der Waals surface area contributed by atoms with E-state index in [0.717, 1.165) is 17.9 Å². The molecule has 0 fully saturated rings. The molecule has 4 aromatic carbocycles. The molecule has 284 valence electrons. The molecule has 56 heavy (non-hydrogen) atoms. The van der Waals surface area contributed by atoms with E-state index in [1.54, 1.807) is 0 Å². The summed E-state index contributed by atoms with van der Waals surface area (Å²) in [7, 11) is 0. The summed E-state index contributed by atoms with van der Waals surface area (Å²) in [6.45, 7) is 33.1. The van der Waals surface area contributed by atoms with Crippen LogP contribution in [0.4, 0.5) is 17.1 Å². The molecule has 2 aliphatic heterocycles. The van der Waals surface area contributed by atoms with Crippen molar-refractivity contribution in [3.05, 3.63) is 106 Å². The first-order valence-corrected chi connectivity index (χ1v) is 21.5. The highest BCUT2D eigenvalue weighted by Crippen LogP contribution is 2.53. The van der Waals surface area contributed by atoms with Crippen LogP contribution in [0.2, 0.25) is 0 Å². The molecule has 0 unspecified atom stereocenters. The third kappa shape index (κ3) is 4.91. The lowest BCUT2D eigenvalue weighted by Gasteiger charge is -2.39. The molecule has 0 bridgehead atoms. The highest BCUT2D eigenvalue weighted by molar-refractivity contribution is 7.33. The summed E-state index contributed by atoms with van der Waals surface area (Å²) in [6, 6.07) is 29.3. The highest BCUT2D eigenvalue weighted by atomic mass is 32.1. The molecule has 0 atom stereocenters. The molecule has 7 aromatic rings. The van der Waals surface area contributed by atoms with Gasteiger partial charge < -0.3 is 4.90 Å². The van der Waals surface area contributed by atoms with Gasteiger partial charge in [-0.05, 0) is 128 Å². The first-order chi connectivity index (χ1) is 26.0. The Kier molecular flexibility index (Phi) is 7.06. The van der Waals surface area contributed by atoms with Crippen molar-refractivity contribution in [1.29, 1.82) is 0 Å². The molecule has 10 rings (SSSR count). The molecule has 5 heteroatoms. The summed E-state index contributed by atoms with van der Waals surface area (Å²) < 4.78 is 5.30. The number of aryl methyl sites for hydroxylation is 1. The van der Waals surface area contributed by atoms with Gasteiger partial charge in [0.25, 0.3) is 6.71 Å². The zero-order valence-corrected chi connectivity index (χ0v) is 36.8. The molecule has 0 saturated carbocycles. The van der Waals surface area contributed by atoms with Gasteiger partial charge in [0.1, 0.15) is 5.82 Å². The predicted molar refractivity (Wildman–Crippen MR) is 245 cm³/mol. The molecular formula is C51H56BN3S. The SMILES string of the molecule is Cc1cc2c3c(n1)-n1c4ccc(C(C)(C)C)cc4c4cc(C(C)(C)C)cc(c41)B3c1sc3ccc(C(C)(C)C)cc3c1N2c1ccc2c(c1)C(C)(C)CC2(C)C. The Bertz CT molecular complexity index is 2860. The van der Waals surface area contributed by atoms with Gasteiger partial charge in [-0.15, -0.1) is 11.3 Å². The molecule has 3 aliphatic rings. The van der Waals surface area contributed by atoms with Crippen LogP contribution in [0.25, 0.3) is 37.7 Å². The van der Waals surface area contributed by atoms with Crippen LogP contribution < -0.4 is 20.6 Å². The number of fused-ring (bicyclic) bond motifs is 10. The number of hydrogen-bond donors (Lipinski definition) is 0. The quantitative estimate of drug-likeness (QED) is 0.156. The fraction of sp³-hybridized carbons (Fsp3) is 0.392. The highest BCUT2D eigenvalue weighted by Gasteiger charge is 2.47. The average Bonchev–Trinajstić information content (AvgIpc) is 3.69. The summed E-state index contributed by atoms with van der Waals surface area (Å²) >= 11 is 1.99. The van der Waals surface area contributed by atoms with Crippen LogP contribution in [0.5, 0.6) is 0 Å². The van der Waals surface area contributed by atoms with E-state index in [0.29, 0.717) is 0 Å². The van der Waals surface area contributed by atoms with Crippen molar-refractivity contribution in [3.8, 4) is 5.82 Å². The number of rotatable bonds is 1. The van der Waals surface area contributed by atoms with E-state index in [-0.39, 0.29) is 33.8 Å². The maximum Gasteiger partial charge on any atom is 0.266 e. The standard InChI is InChI=1S/C51H56BN3S/c1-28-21-40-42-46(53-28)55-39-19-15-29(47(2,3)4)22-33(39)34-24-31(49(8,9)10)25-38(43(34)55)52(42)45-44(35-23-30(48(5,6)7)16-20-41(35)56-45)54(40)32-17-18-36-37(26-32)51(13,14)27-50(36,11)12/h15-26H,27H2,1-14H3. The average molecular weight is 754 g/mol. The Balaban J connectivity index is 1.37. The normalized spacial score (nSPS) is 16.9. The summed E-state index contributed by atoms with van der Waals surface area (Å²) in [4.78, 5) is 8.18. The van der Waals surface area contributed by atoms with Gasteiger partial charge in [-0.25, -0.2) is 4.98 Å². The van der Waals surface area contributed by atoms with E-state index in [1.165, 1.54) is 92.5 Å². The van der Waals surface area contributed by atoms with Crippen LogP contribution in [0, 0.1) is 6.92 Å². The number of anilines is 3. The van der Waals surface area contributed by atoms with Crippen LogP contribution in [0.15, 0.2) is 72.8 Å². The smallest absolute Gasteiger partial charge is 0.266 e. The minimum atomic E-state index is -0.0221. The Morgan fingerprint density at radius 1 is 0.661 bits per heavy atom. The van der Waals surface area contributed by atoms with E-state index in [9.17, 15) is 0 Å². The van der Waals surface area contributed by atoms with Crippen molar-refractivity contribution < 1.29 is 0 Å². The second kappa shape index (κ2) is 11.0. The van der Waals surface area contributed by atoms with Crippen LogP contribution in [0.1, 0.15) is 130 Å².